The van der Waals surface area contributed by atoms with E-state index in [2.05, 4.69) is 11.9 Å². The van der Waals surface area contributed by atoms with Gasteiger partial charge in [0.2, 0.25) is 11.8 Å². The number of benzene rings is 1. The Morgan fingerprint density at radius 2 is 2.04 bits per heavy atom. The van der Waals surface area contributed by atoms with Crippen LogP contribution in [-0.2, 0) is 16.0 Å². The van der Waals surface area contributed by atoms with Crippen molar-refractivity contribution in [3.05, 3.63) is 54.6 Å². The van der Waals surface area contributed by atoms with Gasteiger partial charge in [-0.1, -0.05) is 36.0 Å². The first-order valence-corrected chi connectivity index (χ1v) is 9.63. The number of hydrogen-bond acceptors (Lipinski definition) is 5. The Hall–Kier alpha value is -2.54. The molecule has 1 atom stereocenters. The minimum Gasteiger partial charge on any atom is -0.492 e. The summed E-state index contributed by atoms with van der Waals surface area (Å²) in [5.74, 6) is 0.400. The fourth-order valence-electron chi connectivity index (χ4n) is 2.40. The number of nitrogens with zero attached hydrogens (tertiary/aromatic N) is 1. The summed E-state index contributed by atoms with van der Waals surface area (Å²) < 4.78 is 5.66. The number of rotatable bonds is 10. The minimum absolute atomic E-state index is 0.0557. The third kappa shape index (κ3) is 6.94. The van der Waals surface area contributed by atoms with Gasteiger partial charge in [-0.3, -0.25) is 19.7 Å². The van der Waals surface area contributed by atoms with Crippen molar-refractivity contribution in [3.8, 4) is 5.75 Å². The van der Waals surface area contributed by atoms with E-state index in [9.17, 15) is 14.4 Å². The van der Waals surface area contributed by atoms with E-state index < -0.39 is 0 Å². The number of carbonyl (C=O) groups excluding carboxylic acids is 3. The van der Waals surface area contributed by atoms with E-state index in [4.69, 9.17) is 4.74 Å². The second kappa shape index (κ2) is 10.6. The number of nitrogens with one attached hydrogen (secondary N) is 1. The molecule has 1 fully saturated rings. The van der Waals surface area contributed by atoms with Crippen LogP contribution < -0.4 is 10.1 Å². The highest BCUT2D eigenvalue weighted by Crippen LogP contribution is 2.23. The second-order valence-electron chi connectivity index (χ2n) is 6.11. The highest BCUT2D eigenvalue weighted by molar-refractivity contribution is 8.15. The number of hydrogen-bond donors (Lipinski definition) is 1. The van der Waals surface area contributed by atoms with E-state index >= 15 is 0 Å². The van der Waals surface area contributed by atoms with Gasteiger partial charge in [0.15, 0.2) is 0 Å². The van der Waals surface area contributed by atoms with Gasteiger partial charge in [0.1, 0.15) is 12.4 Å². The maximum atomic E-state index is 11.9. The lowest BCUT2D eigenvalue weighted by Crippen LogP contribution is -2.29. The van der Waals surface area contributed by atoms with Crippen molar-refractivity contribution in [3.63, 3.8) is 0 Å². The van der Waals surface area contributed by atoms with E-state index in [-0.39, 0.29) is 22.3 Å². The molecule has 3 amide bonds. The largest absolute Gasteiger partial charge is 0.492 e. The molecule has 0 aromatic heterocycles. The predicted molar refractivity (Wildman–Crippen MR) is 107 cm³/mol. The molecule has 1 aliphatic rings. The molecule has 0 radical (unpaired) electrons. The average Bonchev–Trinajstić information content (AvgIpc) is 2.97. The Morgan fingerprint density at radius 3 is 2.67 bits per heavy atom. The Labute approximate surface area is 163 Å². The molecule has 0 aliphatic carbocycles. The number of ether oxygens (including phenoxy) is 1. The molecule has 1 heterocycles. The van der Waals surface area contributed by atoms with Crippen LogP contribution in [0.2, 0.25) is 0 Å². The van der Waals surface area contributed by atoms with Crippen LogP contribution in [0.15, 0.2) is 49.1 Å². The van der Waals surface area contributed by atoms with Crippen LogP contribution in [0.3, 0.4) is 0 Å². The summed E-state index contributed by atoms with van der Waals surface area (Å²) in [6, 6.07) is 7.41. The number of carbonyl (C=O) groups is 3. The minimum atomic E-state index is -0.372. The van der Waals surface area contributed by atoms with Gasteiger partial charge >= 0.3 is 0 Å². The normalized spacial score (nSPS) is 16.4. The topological polar surface area (TPSA) is 75.7 Å². The summed E-state index contributed by atoms with van der Waals surface area (Å²) in [5, 5.41) is 1.62. The third-order valence-corrected chi connectivity index (χ3v) is 4.96. The number of allylic oxidation sites excluding steroid dienone is 2. The molecular formula is C20H24N2O4S. The van der Waals surface area contributed by atoms with Crippen LogP contribution in [0.25, 0.3) is 0 Å². The maximum absolute atomic E-state index is 11.9. The number of amides is 3. The SMILES string of the molecule is C=CCC/C=C/C(=O)N(C)CCOc1ccc(CC2SC(=O)NC2=O)cc1. The van der Waals surface area contributed by atoms with Crippen molar-refractivity contribution in [1.82, 2.24) is 10.2 Å². The van der Waals surface area contributed by atoms with Gasteiger partial charge in [-0.2, -0.15) is 0 Å². The lowest BCUT2D eigenvalue weighted by atomic mass is 10.1. The van der Waals surface area contributed by atoms with E-state index in [0.717, 1.165) is 30.2 Å². The number of unbranched alkanes of at least 4 members (excludes halogenated alkanes) is 1. The molecule has 0 saturated carbocycles. The molecule has 1 N–H and O–H groups in total. The van der Waals surface area contributed by atoms with Gasteiger partial charge in [0.25, 0.3) is 5.24 Å². The van der Waals surface area contributed by atoms with Gasteiger partial charge in [-0.15, -0.1) is 6.58 Å². The molecule has 6 nitrogen and oxygen atoms in total. The predicted octanol–water partition coefficient (Wildman–Crippen LogP) is 2.94. The van der Waals surface area contributed by atoms with E-state index in [1.54, 1.807) is 18.0 Å². The zero-order valence-corrected chi connectivity index (χ0v) is 16.2. The Balaban J connectivity index is 1.72. The Kier molecular flexibility index (Phi) is 8.13. The van der Waals surface area contributed by atoms with Gasteiger partial charge in [0, 0.05) is 7.05 Å². The summed E-state index contributed by atoms with van der Waals surface area (Å²) in [7, 11) is 1.73. The summed E-state index contributed by atoms with van der Waals surface area (Å²) in [4.78, 5) is 36.3. The summed E-state index contributed by atoms with van der Waals surface area (Å²) in [5.41, 5.74) is 0.960. The smallest absolute Gasteiger partial charge is 0.286 e. The van der Waals surface area contributed by atoms with Crippen LogP contribution in [0.4, 0.5) is 4.79 Å². The molecular weight excluding hydrogens is 364 g/mol. The summed E-state index contributed by atoms with van der Waals surface area (Å²) in [6.45, 7) is 4.51. The summed E-state index contributed by atoms with van der Waals surface area (Å²) >= 11 is 1.02. The number of thioether (sulfide) groups is 1. The average molecular weight is 388 g/mol. The molecule has 144 valence electrons. The van der Waals surface area contributed by atoms with Crippen LogP contribution in [0.5, 0.6) is 5.75 Å². The molecule has 1 aromatic rings. The first kappa shape index (κ1) is 20.8. The number of likely N-dealkylation sites (N-methyl/N-ethyl adjacent to an activating group) is 1. The number of imide groups is 1. The molecule has 7 heteroatoms. The first-order chi connectivity index (χ1) is 13.0. The highest BCUT2D eigenvalue weighted by atomic mass is 32.2. The van der Waals surface area contributed by atoms with E-state index in [0.29, 0.717) is 25.3 Å². The van der Waals surface area contributed by atoms with Crippen molar-refractivity contribution in [2.45, 2.75) is 24.5 Å². The zero-order chi connectivity index (χ0) is 19.6. The molecule has 27 heavy (non-hydrogen) atoms. The quantitative estimate of drug-likeness (QED) is 0.379. The standard InChI is InChI=1S/C20H24N2O4S/c1-3-4-5-6-7-18(23)22(2)12-13-26-16-10-8-15(9-11-16)14-17-19(24)21-20(25)27-17/h3,6-11,17H,1,4-5,12-14H2,2H3,(H,21,24,25)/b7-6+. The monoisotopic (exact) mass is 388 g/mol. The third-order valence-electron chi connectivity index (χ3n) is 3.98. The Bertz CT molecular complexity index is 715. The summed E-state index contributed by atoms with van der Waals surface area (Å²) in [6.07, 6.45) is 7.39. The van der Waals surface area contributed by atoms with Gasteiger partial charge in [0.05, 0.1) is 11.8 Å². The van der Waals surface area contributed by atoms with Crippen molar-refractivity contribution in [2.24, 2.45) is 0 Å². The molecule has 0 bridgehead atoms. The fourth-order valence-corrected chi connectivity index (χ4v) is 3.26. The first-order valence-electron chi connectivity index (χ1n) is 8.75. The molecule has 1 unspecified atom stereocenters. The zero-order valence-electron chi connectivity index (χ0n) is 15.3. The van der Waals surface area contributed by atoms with Gasteiger partial charge in [-0.25, -0.2) is 0 Å². The fraction of sp³-hybridized carbons (Fsp3) is 0.350. The molecule has 1 aromatic carbocycles. The Morgan fingerprint density at radius 1 is 1.30 bits per heavy atom. The van der Waals surface area contributed by atoms with Crippen molar-refractivity contribution < 1.29 is 19.1 Å². The molecule has 1 saturated heterocycles. The van der Waals surface area contributed by atoms with Gasteiger partial charge < -0.3 is 9.64 Å². The van der Waals surface area contributed by atoms with Crippen LogP contribution in [0, 0.1) is 0 Å². The van der Waals surface area contributed by atoms with Gasteiger partial charge in [-0.05, 0) is 43.0 Å². The molecule has 1 aliphatic heterocycles. The lowest BCUT2D eigenvalue weighted by molar-refractivity contribution is -0.125. The van der Waals surface area contributed by atoms with Crippen LogP contribution in [-0.4, -0.2) is 47.4 Å². The van der Waals surface area contributed by atoms with Crippen LogP contribution >= 0.6 is 11.8 Å². The second-order valence-corrected chi connectivity index (χ2v) is 7.28. The van der Waals surface area contributed by atoms with Crippen molar-refractivity contribution >= 4 is 28.8 Å². The lowest BCUT2D eigenvalue weighted by Gasteiger charge is -2.15. The maximum Gasteiger partial charge on any atom is 0.286 e. The molecule has 0 spiro atoms. The van der Waals surface area contributed by atoms with E-state index in [1.807, 2.05) is 36.4 Å². The van der Waals surface area contributed by atoms with Crippen molar-refractivity contribution in [1.29, 1.82) is 0 Å². The highest BCUT2D eigenvalue weighted by Gasteiger charge is 2.31. The molecule has 2 rings (SSSR count). The van der Waals surface area contributed by atoms with E-state index in [1.165, 1.54) is 0 Å². The van der Waals surface area contributed by atoms with Crippen LogP contribution in [0.1, 0.15) is 18.4 Å². The van der Waals surface area contributed by atoms with Crippen molar-refractivity contribution in [2.75, 3.05) is 20.2 Å².